The van der Waals surface area contributed by atoms with Gasteiger partial charge in [0.15, 0.2) is 17.6 Å². The van der Waals surface area contributed by atoms with Crippen LogP contribution in [0.4, 0.5) is 5.69 Å². The van der Waals surface area contributed by atoms with E-state index in [4.69, 9.17) is 4.42 Å². The first-order valence-corrected chi connectivity index (χ1v) is 7.66. The SMILES string of the molecule is CC(=O)c1cccc(NC(=O)[C@@H](C)[NH+](C)Cc2ccc(C)o2)c1. The Morgan fingerprint density at radius 1 is 1.26 bits per heavy atom. The molecule has 122 valence electrons. The Kier molecular flexibility index (Phi) is 5.34. The number of aryl methyl sites for hydroxylation is 1. The van der Waals surface area contributed by atoms with Gasteiger partial charge in [-0.3, -0.25) is 9.59 Å². The van der Waals surface area contributed by atoms with E-state index in [2.05, 4.69) is 5.32 Å². The van der Waals surface area contributed by atoms with Gasteiger partial charge in [-0.25, -0.2) is 0 Å². The number of Topliss-reactive ketones (excluding diaryl/α,β-unsaturated/α-hetero) is 1. The Morgan fingerprint density at radius 2 is 2.00 bits per heavy atom. The number of carbonyl (C=O) groups excluding carboxylic acids is 2. The van der Waals surface area contributed by atoms with Gasteiger partial charge in [0.05, 0.1) is 7.05 Å². The molecule has 0 spiro atoms. The van der Waals surface area contributed by atoms with E-state index in [0.717, 1.165) is 16.4 Å². The molecule has 0 fully saturated rings. The number of ketones is 1. The van der Waals surface area contributed by atoms with Crippen molar-refractivity contribution in [3.05, 3.63) is 53.5 Å². The average molecular weight is 315 g/mol. The third kappa shape index (κ3) is 4.53. The van der Waals surface area contributed by atoms with Crippen molar-refractivity contribution in [1.29, 1.82) is 0 Å². The third-order valence-corrected chi connectivity index (χ3v) is 3.92. The molecular formula is C18H23N2O3+. The molecule has 1 heterocycles. The Bertz CT molecular complexity index is 706. The molecule has 1 aromatic heterocycles. The molecule has 0 bridgehead atoms. The number of amides is 1. The van der Waals surface area contributed by atoms with E-state index < -0.39 is 0 Å². The van der Waals surface area contributed by atoms with Gasteiger partial charge in [0.25, 0.3) is 5.91 Å². The first-order chi connectivity index (χ1) is 10.9. The van der Waals surface area contributed by atoms with E-state index in [1.165, 1.54) is 6.92 Å². The minimum absolute atomic E-state index is 0.0231. The number of nitrogens with one attached hydrogen (secondary N) is 2. The van der Waals surface area contributed by atoms with Crippen LogP contribution in [0, 0.1) is 6.92 Å². The van der Waals surface area contributed by atoms with E-state index in [-0.39, 0.29) is 17.7 Å². The normalized spacial score (nSPS) is 13.4. The summed E-state index contributed by atoms with van der Waals surface area (Å²) in [6.07, 6.45) is 0. The summed E-state index contributed by atoms with van der Waals surface area (Å²) in [6, 6.07) is 10.6. The fourth-order valence-electron chi connectivity index (χ4n) is 2.30. The van der Waals surface area contributed by atoms with E-state index in [9.17, 15) is 9.59 Å². The van der Waals surface area contributed by atoms with E-state index in [1.54, 1.807) is 24.3 Å². The molecule has 0 radical (unpaired) electrons. The Balaban J connectivity index is 1.99. The number of furan rings is 1. The highest BCUT2D eigenvalue weighted by Crippen LogP contribution is 2.11. The van der Waals surface area contributed by atoms with Gasteiger partial charge in [-0.05, 0) is 45.0 Å². The summed E-state index contributed by atoms with van der Waals surface area (Å²) in [6.45, 7) is 5.91. The Morgan fingerprint density at radius 3 is 2.61 bits per heavy atom. The van der Waals surface area contributed by atoms with E-state index in [0.29, 0.717) is 17.8 Å². The molecule has 0 aliphatic carbocycles. The van der Waals surface area contributed by atoms with Crippen molar-refractivity contribution in [3.63, 3.8) is 0 Å². The van der Waals surface area contributed by atoms with Gasteiger partial charge >= 0.3 is 0 Å². The van der Waals surface area contributed by atoms with Crippen LogP contribution in [0.1, 0.15) is 35.7 Å². The lowest BCUT2D eigenvalue weighted by Crippen LogP contribution is -3.12. The number of hydrogen-bond acceptors (Lipinski definition) is 3. The summed E-state index contributed by atoms with van der Waals surface area (Å²) < 4.78 is 5.55. The minimum Gasteiger partial charge on any atom is -0.460 e. The molecule has 1 aromatic carbocycles. The van der Waals surface area contributed by atoms with Crippen LogP contribution < -0.4 is 10.2 Å². The summed E-state index contributed by atoms with van der Waals surface area (Å²) in [5.41, 5.74) is 1.22. The highest BCUT2D eigenvalue weighted by atomic mass is 16.3. The van der Waals surface area contributed by atoms with Crippen molar-refractivity contribution >= 4 is 17.4 Å². The molecule has 0 aliphatic heterocycles. The highest BCUT2D eigenvalue weighted by Gasteiger charge is 2.23. The maximum Gasteiger partial charge on any atom is 0.282 e. The zero-order valence-electron chi connectivity index (χ0n) is 14.0. The zero-order valence-corrected chi connectivity index (χ0v) is 14.0. The molecule has 2 atom stereocenters. The van der Waals surface area contributed by atoms with Crippen molar-refractivity contribution in [2.45, 2.75) is 33.4 Å². The summed E-state index contributed by atoms with van der Waals surface area (Å²) in [4.78, 5) is 24.8. The predicted octanol–water partition coefficient (Wildman–Crippen LogP) is 1.83. The van der Waals surface area contributed by atoms with Crippen LogP contribution in [-0.2, 0) is 11.3 Å². The third-order valence-electron chi connectivity index (χ3n) is 3.92. The fourth-order valence-corrected chi connectivity index (χ4v) is 2.30. The van der Waals surface area contributed by atoms with Gasteiger partial charge in [-0.2, -0.15) is 0 Å². The van der Waals surface area contributed by atoms with Crippen molar-refractivity contribution in [3.8, 4) is 0 Å². The van der Waals surface area contributed by atoms with Crippen molar-refractivity contribution in [2.24, 2.45) is 0 Å². The van der Waals surface area contributed by atoms with Gasteiger partial charge in [-0.1, -0.05) is 12.1 Å². The average Bonchev–Trinajstić information content (AvgIpc) is 2.91. The lowest BCUT2D eigenvalue weighted by atomic mass is 10.1. The van der Waals surface area contributed by atoms with E-state index >= 15 is 0 Å². The highest BCUT2D eigenvalue weighted by molar-refractivity contribution is 5.97. The van der Waals surface area contributed by atoms with Gasteiger partial charge < -0.3 is 14.6 Å². The standard InChI is InChI=1S/C18H22N2O3/c1-12-8-9-17(23-12)11-20(4)13(2)18(22)19-16-7-5-6-15(10-16)14(3)21/h5-10,13H,11H2,1-4H3,(H,19,22)/p+1/t13-/m1/s1. The molecule has 5 heteroatoms. The monoisotopic (exact) mass is 315 g/mol. The maximum absolute atomic E-state index is 12.4. The van der Waals surface area contributed by atoms with Gasteiger partial charge in [0.1, 0.15) is 12.3 Å². The number of rotatable bonds is 6. The van der Waals surface area contributed by atoms with Crippen molar-refractivity contribution < 1.29 is 18.9 Å². The van der Waals surface area contributed by atoms with Crippen LogP contribution in [0.5, 0.6) is 0 Å². The quantitative estimate of drug-likeness (QED) is 0.800. The Labute approximate surface area is 136 Å². The predicted molar refractivity (Wildman–Crippen MR) is 88.6 cm³/mol. The first-order valence-electron chi connectivity index (χ1n) is 7.66. The summed E-state index contributed by atoms with van der Waals surface area (Å²) >= 11 is 0. The minimum atomic E-state index is -0.249. The van der Waals surface area contributed by atoms with Crippen LogP contribution in [-0.4, -0.2) is 24.8 Å². The van der Waals surface area contributed by atoms with Crippen LogP contribution in [0.3, 0.4) is 0 Å². The van der Waals surface area contributed by atoms with Gasteiger partial charge in [-0.15, -0.1) is 0 Å². The second-order valence-corrected chi connectivity index (χ2v) is 5.88. The molecule has 5 nitrogen and oxygen atoms in total. The second-order valence-electron chi connectivity index (χ2n) is 5.88. The number of likely N-dealkylation sites (N-methyl/N-ethyl adjacent to an activating group) is 1. The van der Waals surface area contributed by atoms with Crippen LogP contribution in [0.15, 0.2) is 40.8 Å². The van der Waals surface area contributed by atoms with Crippen molar-refractivity contribution in [2.75, 3.05) is 12.4 Å². The fraction of sp³-hybridized carbons (Fsp3) is 0.333. The number of hydrogen-bond donors (Lipinski definition) is 2. The second kappa shape index (κ2) is 7.24. The van der Waals surface area contributed by atoms with Gasteiger partial charge in [0, 0.05) is 11.3 Å². The largest absolute Gasteiger partial charge is 0.460 e. The summed E-state index contributed by atoms with van der Waals surface area (Å²) in [5, 5.41) is 2.87. The van der Waals surface area contributed by atoms with Crippen LogP contribution in [0.2, 0.25) is 0 Å². The topological polar surface area (TPSA) is 63.8 Å². The maximum atomic E-state index is 12.4. The lowest BCUT2D eigenvalue weighted by molar-refractivity contribution is -0.908. The van der Waals surface area contributed by atoms with E-state index in [1.807, 2.05) is 33.0 Å². The summed E-state index contributed by atoms with van der Waals surface area (Å²) in [7, 11) is 1.95. The smallest absolute Gasteiger partial charge is 0.282 e. The summed E-state index contributed by atoms with van der Waals surface area (Å²) in [5.74, 6) is 1.61. The van der Waals surface area contributed by atoms with Crippen molar-refractivity contribution in [1.82, 2.24) is 0 Å². The molecule has 0 aliphatic rings. The first kappa shape index (κ1) is 17.0. The molecule has 1 unspecified atom stereocenters. The zero-order chi connectivity index (χ0) is 17.0. The molecule has 0 saturated carbocycles. The number of benzene rings is 1. The molecule has 0 saturated heterocycles. The number of carbonyl (C=O) groups is 2. The molecule has 2 N–H and O–H groups in total. The van der Waals surface area contributed by atoms with Gasteiger partial charge in [0.2, 0.25) is 0 Å². The molecule has 2 rings (SSSR count). The molecular weight excluding hydrogens is 292 g/mol. The molecule has 23 heavy (non-hydrogen) atoms. The van der Waals surface area contributed by atoms with Crippen LogP contribution in [0.25, 0.3) is 0 Å². The molecule has 2 aromatic rings. The lowest BCUT2D eigenvalue weighted by Gasteiger charge is -2.20. The number of quaternary nitrogens is 1. The Hall–Kier alpha value is -2.40. The van der Waals surface area contributed by atoms with Crippen LogP contribution >= 0.6 is 0 Å². The number of anilines is 1. The molecule has 1 amide bonds.